The molecular formula is C65H41N3O2. The van der Waals surface area contributed by atoms with Crippen LogP contribution in [0.3, 0.4) is 0 Å². The average molecular weight is 896 g/mol. The summed E-state index contributed by atoms with van der Waals surface area (Å²) in [6, 6.07) is 74.0. The van der Waals surface area contributed by atoms with Crippen LogP contribution in [0, 0.1) is 5.92 Å². The second-order valence-electron chi connectivity index (χ2n) is 18.9. The van der Waals surface area contributed by atoms with Crippen LogP contribution in [0.2, 0.25) is 0 Å². The molecule has 0 fully saturated rings. The molecule has 1 aliphatic heterocycles. The second-order valence-corrected chi connectivity index (χ2v) is 18.9. The fourth-order valence-electron chi connectivity index (χ4n) is 11.4. The third-order valence-electron chi connectivity index (χ3n) is 14.8. The van der Waals surface area contributed by atoms with E-state index in [1.54, 1.807) is 0 Å². The summed E-state index contributed by atoms with van der Waals surface area (Å²) in [7, 11) is 0. The number of benzene rings is 11. The van der Waals surface area contributed by atoms with Crippen LogP contribution >= 0.6 is 0 Å². The van der Waals surface area contributed by atoms with Crippen LogP contribution in [0.25, 0.3) is 120 Å². The van der Waals surface area contributed by atoms with E-state index in [2.05, 4.69) is 206 Å². The molecule has 14 aromatic rings. The summed E-state index contributed by atoms with van der Waals surface area (Å²) in [5, 5.41) is 15.9. The van der Waals surface area contributed by atoms with E-state index in [1.165, 1.54) is 37.7 Å². The number of rotatable bonds is 4. The third-order valence-corrected chi connectivity index (χ3v) is 14.8. The van der Waals surface area contributed by atoms with E-state index in [0.29, 0.717) is 12.3 Å². The van der Waals surface area contributed by atoms with Gasteiger partial charge < -0.3 is 13.4 Å². The molecule has 11 aromatic carbocycles. The minimum atomic E-state index is -0.0491. The predicted octanol–water partition coefficient (Wildman–Crippen LogP) is 17.5. The molecule has 15 rings (SSSR count). The van der Waals surface area contributed by atoms with Gasteiger partial charge in [0.15, 0.2) is 5.84 Å². The van der Waals surface area contributed by atoms with Gasteiger partial charge in [-0.25, -0.2) is 9.98 Å². The molecule has 0 saturated heterocycles. The van der Waals surface area contributed by atoms with Crippen LogP contribution in [0.1, 0.15) is 30.0 Å². The largest absolute Gasteiger partial charge is 0.456 e. The summed E-state index contributed by atoms with van der Waals surface area (Å²) in [4.78, 5) is 11.6. The lowest BCUT2D eigenvalue weighted by atomic mass is 9.91. The average Bonchev–Trinajstić information content (AvgIpc) is 4.07. The molecule has 0 N–H and O–H groups in total. The number of hydrogen-bond acceptors (Lipinski definition) is 4. The van der Waals surface area contributed by atoms with Gasteiger partial charge in [-0.1, -0.05) is 165 Å². The number of aromatic nitrogens is 1. The Kier molecular flexibility index (Phi) is 8.34. The summed E-state index contributed by atoms with van der Waals surface area (Å²) in [5.74, 6) is 0.575. The van der Waals surface area contributed by atoms with E-state index in [9.17, 15) is 0 Å². The lowest BCUT2D eigenvalue weighted by Gasteiger charge is -2.22. The minimum absolute atomic E-state index is 0.0491. The van der Waals surface area contributed by atoms with Crippen LogP contribution in [0.5, 0.6) is 0 Å². The fourth-order valence-corrected chi connectivity index (χ4v) is 11.4. The zero-order valence-corrected chi connectivity index (χ0v) is 38.1. The number of hydrogen-bond donors (Lipinski definition) is 0. The van der Waals surface area contributed by atoms with Gasteiger partial charge in [0.1, 0.15) is 22.3 Å². The molecule has 0 radical (unpaired) electrons. The van der Waals surface area contributed by atoms with Crippen molar-refractivity contribution < 1.29 is 8.83 Å². The van der Waals surface area contributed by atoms with Crippen molar-refractivity contribution in [1.82, 2.24) is 4.57 Å². The fraction of sp³-hybridized carbons (Fsp3) is 0.0462. The zero-order chi connectivity index (χ0) is 46.0. The van der Waals surface area contributed by atoms with Gasteiger partial charge in [-0.15, -0.1) is 0 Å². The number of fused-ring (bicyclic) bond motifs is 14. The Labute approximate surface area is 401 Å². The number of aliphatic imine (C=N–C) groups is 2. The molecule has 0 bridgehead atoms. The second kappa shape index (κ2) is 15.0. The molecule has 5 heteroatoms. The lowest BCUT2D eigenvalue weighted by Crippen LogP contribution is -2.19. The molecule has 70 heavy (non-hydrogen) atoms. The van der Waals surface area contributed by atoms with Crippen molar-refractivity contribution in [2.45, 2.75) is 13.3 Å². The van der Waals surface area contributed by atoms with Gasteiger partial charge in [0, 0.05) is 60.3 Å². The van der Waals surface area contributed by atoms with Gasteiger partial charge in [-0.3, -0.25) is 0 Å². The first kappa shape index (κ1) is 39.0. The maximum Gasteiger partial charge on any atom is 0.160 e. The Bertz CT molecular complexity index is 4550. The first-order chi connectivity index (χ1) is 34.6. The molecule has 1 atom stereocenters. The summed E-state index contributed by atoms with van der Waals surface area (Å²) >= 11 is 0. The molecule has 0 amide bonds. The van der Waals surface area contributed by atoms with Crippen molar-refractivity contribution in [2.75, 3.05) is 0 Å². The van der Waals surface area contributed by atoms with E-state index in [-0.39, 0.29) is 5.92 Å². The van der Waals surface area contributed by atoms with Crippen molar-refractivity contribution in [1.29, 1.82) is 0 Å². The van der Waals surface area contributed by atoms with Crippen LogP contribution in [0.4, 0.5) is 0 Å². The molecule has 1 unspecified atom stereocenters. The molecule has 0 spiro atoms. The predicted molar refractivity (Wildman–Crippen MR) is 293 cm³/mol. The highest BCUT2D eigenvalue weighted by atomic mass is 16.3. The molecule has 0 saturated carbocycles. The van der Waals surface area contributed by atoms with E-state index in [4.69, 9.17) is 18.8 Å². The normalized spacial score (nSPS) is 16.9. The van der Waals surface area contributed by atoms with E-state index in [0.717, 1.165) is 105 Å². The Morgan fingerprint density at radius 3 is 1.74 bits per heavy atom. The molecular weight excluding hydrogens is 855 g/mol. The van der Waals surface area contributed by atoms with Crippen molar-refractivity contribution in [3.8, 4) is 5.69 Å². The van der Waals surface area contributed by atoms with Gasteiger partial charge in [0.25, 0.3) is 0 Å². The number of allylic oxidation sites excluding steroid dienone is 1. The number of para-hydroxylation sites is 1. The number of amidine groups is 1. The van der Waals surface area contributed by atoms with E-state index >= 15 is 0 Å². The molecule has 4 heterocycles. The van der Waals surface area contributed by atoms with Crippen LogP contribution in [0.15, 0.2) is 231 Å². The monoisotopic (exact) mass is 895 g/mol. The van der Waals surface area contributed by atoms with Crippen LogP contribution < -0.4 is 0 Å². The summed E-state index contributed by atoms with van der Waals surface area (Å²) < 4.78 is 16.1. The maximum atomic E-state index is 7.05. The van der Waals surface area contributed by atoms with E-state index in [1.807, 2.05) is 18.2 Å². The molecule has 328 valence electrons. The highest BCUT2D eigenvalue weighted by molar-refractivity contribution is 6.25. The quantitative estimate of drug-likeness (QED) is 0.177. The third kappa shape index (κ3) is 5.85. The smallest absolute Gasteiger partial charge is 0.160 e. The summed E-state index contributed by atoms with van der Waals surface area (Å²) in [6.45, 7) is 2.31. The molecule has 3 aromatic heterocycles. The van der Waals surface area contributed by atoms with E-state index < -0.39 is 0 Å². The maximum absolute atomic E-state index is 7.05. The number of nitrogens with zero attached hydrogens (tertiary/aromatic N) is 3. The van der Waals surface area contributed by atoms with Crippen LogP contribution in [-0.4, -0.2) is 16.1 Å². The Morgan fingerprint density at radius 1 is 0.414 bits per heavy atom. The molecule has 0 aliphatic carbocycles. The minimum Gasteiger partial charge on any atom is -0.456 e. The van der Waals surface area contributed by atoms with Gasteiger partial charge in [-0.2, -0.15) is 0 Å². The van der Waals surface area contributed by atoms with Gasteiger partial charge in [0.2, 0.25) is 0 Å². The Hall–Kier alpha value is -9.06. The Morgan fingerprint density at radius 2 is 1.00 bits per heavy atom. The van der Waals surface area contributed by atoms with Crippen molar-refractivity contribution >= 4 is 126 Å². The first-order valence-electron chi connectivity index (χ1n) is 24.1. The molecule has 1 aliphatic rings. The SMILES string of the molecule is CC1C/C=C(c2cccc3ccccc23)/N=C(c2cccc3oc4ccccc4c23)\N=C/1c1cc2oc3c4ccccc4ccc3c2cc1-n1c2cc3ccccc3cc2c2cc3ccccc3cc21. The molecule has 5 nitrogen and oxygen atoms in total. The highest BCUT2D eigenvalue weighted by Crippen LogP contribution is 2.43. The van der Waals surface area contributed by atoms with Gasteiger partial charge in [0.05, 0.1) is 28.1 Å². The number of furan rings is 2. The highest BCUT2D eigenvalue weighted by Gasteiger charge is 2.27. The van der Waals surface area contributed by atoms with Gasteiger partial charge in [-0.05, 0) is 98.7 Å². The summed E-state index contributed by atoms with van der Waals surface area (Å²) in [5.41, 5.74) is 11.4. The van der Waals surface area contributed by atoms with Crippen molar-refractivity contribution in [2.24, 2.45) is 15.9 Å². The Balaban J connectivity index is 1.08. The van der Waals surface area contributed by atoms with Crippen LogP contribution in [-0.2, 0) is 0 Å². The van der Waals surface area contributed by atoms with Crippen molar-refractivity contribution in [3.63, 3.8) is 0 Å². The standard InChI is InChI=1S/C65H41N3O2/c1-38-28-31-55(47-24-12-20-39-14-6-8-21-45(39)47)66-65(50-25-13-27-60-62(50)49-23-10-11-26-59(49)69-60)67-63(38)54-37-61-53(48-30-29-40-15-7-9-22-46(40)64(48)70-61)36-58(54)68-56-34-43-18-4-2-16-41(43)32-51(56)52-33-42-17-3-5-19-44(42)35-57(52)68/h2-27,29-38H,28H2,1H3/b55-31+,66-65-,67-63+. The van der Waals surface area contributed by atoms with Gasteiger partial charge >= 0.3 is 0 Å². The first-order valence-corrected chi connectivity index (χ1v) is 24.1. The lowest BCUT2D eigenvalue weighted by molar-refractivity contribution is 0.669. The van der Waals surface area contributed by atoms with Crippen molar-refractivity contribution in [3.05, 3.63) is 229 Å². The zero-order valence-electron chi connectivity index (χ0n) is 38.1. The topological polar surface area (TPSA) is 55.9 Å². The summed E-state index contributed by atoms with van der Waals surface area (Å²) in [6.07, 6.45) is 3.02.